The third-order valence-corrected chi connectivity index (χ3v) is 4.85. The third-order valence-electron chi connectivity index (χ3n) is 4.85. The molecule has 1 rings (SSSR count). The number of phenolic OH excluding ortho intramolecular Hbond substituents is 1. The van der Waals surface area contributed by atoms with E-state index in [0.29, 0.717) is 6.42 Å². The summed E-state index contributed by atoms with van der Waals surface area (Å²) >= 11 is 0. The van der Waals surface area contributed by atoms with Crippen LogP contribution in [0.2, 0.25) is 0 Å². The van der Waals surface area contributed by atoms with E-state index in [1.165, 1.54) is 12.8 Å². The number of carboxylic acids is 1. The summed E-state index contributed by atoms with van der Waals surface area (Å²) < 4.78 is 0. The molecule has 3 heteroatoms. The molecule has 1 unspecified atom stereocenters. The lowest BCUT2D eigenvalue weighted by molar-refractivity contribution is -0.139. The van der Waals surface area contributed by atoms with Crippen LogP contribution >= 0.6 is 0 Å². The van der Waals surface area contributed by atoms with Crippen molar-refractivity contribution in [2.24, 2.45) is 0 Å². The van der Waals surface area contributed by atoms with Crippen LogP contribution in [0.4, 0.5) is 0 Å². The van der Waals surface area contributed by atoms with Crippen molar-refractivity contribution in [1.82, 2.24) is 0 Å². The zero-order chi connectivity index (χ0) is 18.5. The van der Waals surface area contributed by atoms with E-state index in [9.17, 15) is 15.0 Å². The standard InChI is InChI=1S/C21H34O3/c1-7-8-9-10-11-12-16(20(23)24)18-14(2)13-17(21(4,5)6)19(22)15(18)3/h13,16,22H,7-12H2,1-6H3,(H,23,24). The van der Waals surface area contributed by atoms with Crippen LogP contribution in [-0.2, 0) is 10.2 Å². The van der Waals surface area contributed by atoms with Crippen molar-refractivity contribution in [3.63, 3.8) is 0 Å². The number of aryl methyl sites for hydroxylation is 1. The number of phenols is 1. The second kappa shape index (κ2) is 8.55. The fraction of sp³-hybridized carbons (Fsp3) is 0.667. The number of carbonyl (C=O) groups is 1. The zero-order valence-corrected chi connectivity index (χ0v) is 16.2. The smallest absolute Gasteiger partial charge is 0.310 e. The van der Waals surface area contributed by atoms with Crippen LogP contribution in [0.5, 0.6) is 5.75 Å². The van der Waals surface area contributed by atoms with Gasteiger partial charge < -0.3 is 10.2 Å². The van der Waals surface area contributed by atoms with E-state index in [-0.39, 0.29) is 11.2 Å². The van der Waals surface area contributed by atoms with Crippen molar-refractivity contribution in [2.45, 2.75) is 91.4 Å². The highest BCUT2D eigenvalue weighted by molar-refractivity contribution is 5.78. The molecule has 0 saturated heterocycles. The Morgan fingerprint density at radius 2 is 1.71 bits per heavy atom. The van der Waals surface area contributed by atoms with Crippen LogP contribution in [0.15, 0.2) is 6.07 Å². The minimum absolute atomic E-state index is 0.170. The molecule has 0 heterocycles. The molecule has 0 aliphatic carbocycles. The van der Waals surface area contributed by atoms with Gasteiger partial charge in [0.05, 0.1) is 5.92 Å². The first kappa shape index (κ1) is 20.5. The molecule has 1 aromatic carbocycles. The van der Waals surface area contributed by atoms with Gasteiger partial charge in [-0.1, -0.05) is 65.9 Å². The van der Waals surface area contributed by atoms with Gasteiger partial charge in [-0.3, -0.25) is 4.79 Å². The molecule has 0 radical (unpaired) electrons. The van der Waals surface area contributed by atoms with Crippen LogP contribution in [0.25, 0.3) is 0 Å². The molecule has 0 aliphatic rings. The van der Waals surface area contributed by atoms with Crippen LogP contribution in [0.1, 0.15) is 94.4 Å². The maximum absolute atomic E-state index is 11.8. The largest absolute Gasteiger partial charge is 0.507 e. The molecule has 0 saturated carbocycles. The number of rotatable bonds is 8. The SMILES string of the molecule is CCCCCCCC(C(=O)O)c1c(C)cc(C(C)(C)C)c(O)c1C. The summed E-state index contributed by atoms with van der Waals surface area (Å²) in [6, 6.07) is 1.96. The predicted molar refractivity (Wildman–Crippen MR) is 100 cm³/mol. The normalized spacial score (nSPS) is 13.1. The summed E-state index contributed by atoms with van der Waals surface area (Å²) in [6.45, 7) is 12.2. The minimum Gasteiger partial charge on any atom is -0.507 e. The Morgan fingerprint density at radius 1 is 1.12 bits per heavy atom. The fourth-order valence-electron chi connectivity index (χ4n) is 3.44. The van der Waals surface area contributed by atoms with E-state index in [1.54, 1.807) is 0 Å². The maximum atomic E-state index is 11.8. The van der Waals surface area contributed by atoms with Gasteiger partial charge in [0.1, 0.15) is 5.75 Å². The lowest BCUT2D eigenvalue weighted by atomic mass is 9.79. The Kier molecular flexibility index (Phi) is 7.31. The summed E-state index contributed by atoms with van der Waals surface area (Å²) in [6.07, 6.45) is 6.17. The minimum atomic E-state index is -0.792. The molecule has 0 amide bonds. The highest BCUT2D eigenvalue weighted by atomic mass is 16.4. The number of aromatic hydroxyl groups is 1. The first-order chi connectivity index (χ1) is 11.1. The number of hydrogen-bond donors (Lipinski definition) is 2. The number of aliphatic carboxylic acids is 1. The highest BCUT2D eigenvalue weighted by Crippen LogP contribution is 2.40. The van der Waals surface area contributed by atoms with Crippen LogP contribution < -0.4 is 0 Å². The first-order valence-corrected chi connectivity index (χ1v) is 9.17. The van der Waals surface area contributed by atoms with Crippen LogP contribution in [-0.4, -0.2) is 16.2 Å². The Balaban J connectivity index is 3.12. The number of carboxylic acid groups (broad SMARTS) is 1. The van der Waals surface area contributed by atoms with E-state index >= 15 is 0 Å². The van der Waals surface area contributed by atoms with Crippen molar-refractivity contribution >= 4 is 5.97 Å². The fourth-order valence-corrected chi connectivity index (χ4v) is 3.44. The molecule has 0 bridgehead atoms. The van der Waals surface area contributed by atoms with Gasteiger partial charge in [-0.05, 0) is 47.9 Å². The molecular weight excluding hydrogens is 300 g/mol. The van der Waals surface area contributed by atoms with Gasteiger partial charge in [-0.2, -0.15) is 0 Å². The zero-order valence-electron chi connectivity index (χ0n) is 16.2. The summed E-state index contributed by atoms with van der Waals surface area (Å²) in [5, 5.41) is 20.3. The molecule has 0 fully saturated rings. The Hall–Kier alpha value is -1.51. The molecule has 0 aromatic heterocycles. The van der Waals surface area contributed by atoms with Gasteiger partial charge in [0.2, 0.25) is 0 Å². The van der Waals surface area contributed by atoms with Gasteiger partial charge >= 0.3 is 5.97 Å². The highest BCUT2D eigenvalue weighted by Gasteiger charge is 2.28. The van der Waals surface area contributed by atoms with Gasteiger partial charge in [0.25, 0.3) is 0 Å². The molecule has 0 spiro atoms. The van der Waals surface area contributed by atoms with Gasteiger partial charge in [0, 0.05) is 0 Å². The number of unbranched alkanes of at least 4 members (excludes halogenated alkanes) is 4. The molecule has 0 aliphatic heterocycles. The monoisotopic (exact) mass is 334 g/mol. The van der Waals surface area contributed by atoms with Crippen molar-refractivity contribution < 1.29 is 15.0 Å². The molecule has 1 atom stereocenters. The van der Waals surface area contributed by atoms with Crippen molar-refractivity contribution in [3.05, 3.63) is 28.3 Å². The Bertz CT molecular complexity index is 567. The first-order valence-electron chi connectivity index (χ1n) is 9.17. The third kappa shape index (κ3) is 4.99. The Morgan fingerprint density at radius 3 is 2.21 bits per heavy atom. The average Bonchev–Trinajstić information content (AvgIpc) is 2.47. The summed E-state index contributed by atoms with van der Waals surface area (Å²) in [4.78, 5) is 11.8. The lowest BCUT2D eigenvalue weighted by Crippen LogP contribution is -2.18. The Labute approximate surface area is 147 Å². The summed E-state index contributed by atoms with van der Waals surface area (Å²) in [7, 11) is 0. The maximum Gasteiger partial charge on any atom is 0.310 e. The van der Waals surface area contributed by atoms with Crippen molar-refractivity contribution in [2.75, 3.05) is 0 Å². The quantitative estimate of drug-likeness (QED) is 0.588. The number of hydrogen-bond acceptors (Lipinski definition) is 2. The van der Waals surface area contributed by atoms with Gasteiger partial charge in [-0.15, -0.1) is 0 Å². The molecule has 1 aromatic rings. The van der Waals surface area contributed by atoms with Gasteiger partial charge in [0.15, 0.2) is 0 Å². The van der Waals surface area contributed by atoms with E-state index in [2.05, 4.69) is 27.7 Å². The van der Waals surface area contributed by atoms with Gasteiger partial charge in [-0.25, -0.2) is 0 Å². The van der Waals surface area contributed by atoms with Crippen molar-refractivity contribution in [3.8, 4) is 5.75 Å². The van der Waals surface area contributed by atoms with Crippen LogP contribution in [0.3, 0.4) is 0 Å². The lowest BCUT2D eigenvalue weighted by Gasteiger charge is -2.26. The van der Waals surface area contributed by atoms with Crippen LogP contribution in [0, 0.1) is 13.8 Å². The summed E-state index contributed by atoms with van der Waals surface area (Å²) in [5.74, 6) is -1.08. The molecule has 136 valence electrons. The van der Waals surface area contributed by atoms with E-state index in [4.69, 9.17) is 0 Å². The average molecular weight is 335 g/mol. The number of benzene rings is 1. The van der Waals surface area contributed by atoms with E-state index < -0.39 is 11.9 Å². The molecule has 2 N–H and O–H groups in total. The predicted octanol–water partition coefficient (Wildman–Crippen LogP) is 5.84. The second-order valence-corrected chi connectivity index (χ2v) is 7.97. The topological polar surface area (TPSA) is 57.5 Å². The summed E-state index contributed by atoms with van der Waals surface area (Å²) in [5.41, 5.74) is 3.20. The molecule has 24 heavy (non-hydrogen) atoms. The second-order valence-electron chi connectivity index (χ2n) is 7.97. The van der Waals surface area contributed by atoms with E-state index in [1.807, 2.05) is 19.9 Å². The van der Waals surface area contributed by atoms with Crippen molar-refractivity contribution in [1.29, 1.82) is 0 Å². The molecule has 3 nitrogen and oxygen atoms in total. The van der Waals surface area contributed by atoms with E-state index in [0.717, 1.165) is 41.5 Å². The molecular formula is C21H34O3.